The Morgan fingerprint density at radius 2 is 2.35 bits per heavy atom. The minimum absolute atomic E-state index is 0.410. The van der Waals surface area contributed by atoms with Crippen molar-refractivity contribution < 1.29 is 14.3 Å². The molecule has 5 heteroatoms. The highest BCUT2D eigenvalue weighted by atomic mass is 32.1. The van der Waals surface area contributed by atoms with Gasteiger partial charge in [0, 0.05) is 11.8 Å². The van der Waals surface area contributed by atoms with E-state index in [1.54, 1.807) is 6.92 Å². The summed E-state index contributed by atoms with van der Waals surface area (Å²) < 4.78 is 5.46. The lowest BCUT2D eigenvalue weighted by Gasteiger charge is -2.01. The van der Waals surface area contributed by atoms with E-state index < -0.39 is 11.9 Å². The predicted molar refractivity (Wildman–Crippen MR) is 65.1 cm³/mol. The molecular weight excluding hydrogens is 238 g/mol. The van der Waals surface area contributed by atoms with Crippen LogP contribution in [-0.2, 0) is 11.2 Å². The number of furan rings is 1. The molecule has 1 atom stereocenters. The molecule has 0 fully saturated rings. The fourth-order valence-electron chi connectivity index (χ4n) is 1.44. The fourth-order valence-corrected chi connectivity index (χ4v) is 2.35. The third-order valence-corrected chi connectivity index (χ3v) is 3.32. The van der Waals surface area contributed by atoms with Crippen molar-refractivity contribution in [2.24, 2.45) is 5.92 Å². The smallest absolute Gasteiger partial charge is 0.306 e. The zero-order valence-electron chi connectivity index (χ0n) is 9.64. The highest BCUT2D eigenvalue weighted by molar-refractivity contribution is 7.09. The number of rotatable bonds is 4. The van der Waals surface area contributed by atoms with Crippen LogP contribution in [0.15, 0.2) is 21.9 Å². The number of hydrogen-bond acceptors (Lipinski definition) is 4. The molecule has 0 aromatic carbocycles. The molecule has 0 aliphatic carbocycles. The Kier molecular flexibility index (Phi) is 3.28. The number of carboxylic acids is 1. The largest absolute Gasteiger partial charge is 0.481 e. The van der Waals surface area contributed by atoms with Crippen molar-refractivity contribution in [3.8, 4) is 11.5 Å². The fraction of sp³-hybridized carbons (Fsp3) is 0.333. The number of thiazole rings is 1. The molecule has 0 saturated carbocycles. The molecule has 0 radical (unpaired) electrons. The van der Waals surface area contributed by atoms with Gasteiger partial charge in [0.05, 0.1) is 10.9 Å². The molecule has 2 aromatic heterocycles. The van der Waals surface area contributed by atoms with E-state index in [9.17, 15) is 4.79 Å². The third-order valence-electron chi connectivity index (χ3n) is 2.45. The Labute approximate surface area is 103 Å². The van der Waals surface area contributed by atoms with Crippen molar-refractivity contribution >= 4 is 17.3 Å². The van der Waals surface area contributed by atoms with Gasteiger partial charge in [-0.05, 0) is 19.1 Å². The van der Waals surface area contributed by atoms with Gasteiger partial charge >= 0.3 is 5.97 Å². The molecule has 2 heterocycles. The van der Waals surface area contributed by atoms with Crippen molar-refractivity contribution in [3.05, 3.63) is 28.3 Å². The number of aliphatic carboxylic acids is 1. The van der Waals surface area contributed by atoms with Crippen LogP contribution in [-0.4, -0.2) is 16.1 Å². The van der Waals surface area contributed by atoms with Crippen LogP contribution in [0.1, 0.15) is 17.7 Å². The first-order valence-electron chi connectivity index (χ1n) is 5.30. The van der Waals surface area contributed by atoms with Crippen molar-refractivity contribution in [2.45, 2.75) is 20.3 Å². The van der Waals surface area contributed by atoms with Gasteiger partial charge in [-0.15, -0.1) is 11.3 Å². The molecule has 0 aliphatic heterocycles. The maximum atomic E-state index is 10.7. The number of aromatic nitrogens is 1. The summed E-state index contributed by atoms with van der Waals surface area (Å²) in [6.45, 7) is 3.56. The molecule has 2 rings (SSSR count). The van der Waals surface area contributed by atoms with Gasteiger partial charge in [0.1, 0.15) is 11.5 Å². The summed E-state index contributed by atoms with van der Waals surface area (Å²) in [5, 5.41) is 11.5. The molecule has 4 nitrogen and oxygen atoms in total. The van der Waals surface area contributed by atoms with Crippen LogP contribution >= 0.6 is 11.3 Å². The van der Waals surface area contributed by atoms with E-state index in [4.69, 9.17) is 9.52 Å². The van der Waals surface area contributed by atoms with Crippen molar-refractivity contribution in [1.82, 2.24) is 4.98 Å². The summed E-state index contributed by atoms with van der Waals surface area (Å²) in [4.78, 5) is 15.1. The highest BCUT2D eigenvalue weighted by Gasteiger charge is 2.15. The lowest BCUT2D eigenvalue weighted by atomic mass is 10.1. The molecule has 1 unspecified atom stereocenters. The molecule has 0 amide bonds. The van der Waals surface area contributed by atoms with E-state index in [1.807, 2.05) is 24.4 Å². The van der Waals surface area contributed by atoms with E-state index in [2.05, 4.69) is 4.98 Å². The Bertz CT molecular complexity index is 529. The standard InChI is InChI=1S/C12H13NO3S/c1-7(12(14)15)5-11-13-9(6-17-11)10-4-3-8(2)16-10/h3-4,6-7H,5H2,1-2H3,(H,14,15). The van der Waals surface area contributed by atoms with Crippen LogP contribution in [0.3, 0.4) is 0 Å². The van der Waals surface area contributed by atoms with Gasteiger partial charge in [-0.1, -0.05) is 6.92 Å². The summed E-state index contributed by atoms with van der Waals surface area (Å²) in [5.74, 6) is 0.365. The minimum atomic E-state index is -0.796. The van der Waals surface area contributed by atoms with Crippen LogP contribution in [0, 0.1) is 12.8 Å². The lowest BCUT2D eigenvalue weighted by Crippen LogP contribution is -2.11. The van der Waals surface area contributed by atoms with Crippen LogP contribution in [0.2, 0.25) is 0 Å². The first kappa shape index (κ1) is 11.9. The predicted octanol–water partition coefficient (Wildman–Crippen LogP) is 2.97. The van der Waals surface area contributed by atoms with Gasteiger partial charge < -0.3 is 9.52 Å². The molecule has 90 valence electrons. The van der Waals surface area contributed by atoms with E-state index in [0.717, 1.165) is 22.2 Å². The monoisotopic (exact) mass is 251 g/mol. The first-order chi connectivity index (χ1) is 8.06. The van der Waals surface area contributed by atoms with E-state index in [-0.39, 0.29) is 0 Å². The van der Waals surface area contributed by atoms with Gasteiger partial charge in [-0.25, -0.2) is 4.98 Å². The zero-order chi connectivity index (χ0) is 12.4. The SMILES string of the molecule is Cc1ccc(-c2csc(CC(C)C(=O)O)n2)o1. The minimum Gasteiger partial charge on any atom is -0.481 e. The summed E-state index contributed by atoms with van der Waals surface area (Å²) >= 11 is 1.46. The van der Waals surface area contributed by atoms with E-state index in [0.29, 0.717) is 6.42 Å². The molecule has 0 saturated heterocycles. The number of aryl methyl sites for hydroxylation is 1. The maximum absolute atomic E-state index is 10.7. The summed E-state index contributed by atoms with van der Waals surface area (Å²) in [6.07, 6.45) is 0.458. The van der Waals surface area contributed by atoms with Gasteiger partial charge in [0.15, 0.2) is 5.76 Å². The van der Waals surface area contributed by atoms with Gasteiger partial charge in [-0.2, -0.15) is 0 Å². The third kappa shape index (κ3) is 2.74. The van der Waals surface area contributed by atoms with Crippen LogP contribution in [0.5, 0.6) is 0 Å². The average Bonchev–Trinajstić information content (AvgIpc) is 2.86. The topological polar surface area (TPSA) is 63.3 Å². The van der Waals surface area contributed by atoms with Crippen molar-refractivity contribution in [2.75, 3.05) is 0 Å². The molecule has 0 aliphatic rings. The summed E-state index contributed by atoms with van der Waals surface area (Å²) in [7, 11) is 0. The average molecular weight is 251 g/mol. The quantitative estimate of drug-likeness (QED) is 0.907. The van der Waals surface area contributed by atoms with Gasteiger partial charge in [0.25, 0.3) is 0 Å². The Balaban J connectivity index is 2.13. The number of carbonyl (C=O) groups is 1. The molecule has 2 aromatic rings. The van der Waals surface area contributed by atoms with Crippen LogP contribution in [0.4, 0.5) is 0 Å². The Hall–Kier alpha value is -1.62. The lowest BCUT2D eigenvalue weighted by molar-refractivity contribution is -0.141. The van der Waals surface area contributed by atoms with Crippen LogP contribution < -0.4 is 0 Å². The van der Waals surface area contributed by atoms with Crippen molar-refractivity contribution in [3.63, 3.8) is 0 Å². The van der Waals surface area contributed by atoms with E-state index in [1.165, 1.54) is 11.3 Å². The number of nitrogens with zero attached hydrogens (tertiary/aromatic N) is 1. The molecule has 0 bridgehead atoms. The Morgan fingerprint density at radius 3 is 2.94 bits per heavy atom. The molecule has 0 spiro atoms. The zero-order valence-corrected chi connectivity index (χ0v) is 10.5. The second-order valence-corrected chi connectivity index (χ2v) is 4.92. The normalized spacial score (nSPS) is 12.6. The maximum Gasteiger partial charge on any atom is 0.306 e. The molecule has 1 N–H and O–H groups in total. The second-order valence-electron chi connectivity index (χ2n) is 3.98. The summed E-state index contributed by atoms with van der Waals surface area (Å²) in [5.41, 5.74) is 0.774. The van der Waals surface area contributed by atoms with Gasteiger partial charge in [-0.3, -0.25) is 4.79 Å². The highest BCUT2D eigenvalue weighted by Crippen LogP contribution is 2.25. The Morgan fingerprint density at radius 1 is 1.59 bits per heavy atom. The number of carboxylic acid groups (broad SMARTS) is 1. The van der Waals surface area contributed by atoms with Crippen molar-refractivity contribution in [1.29, 1.82) is 0 Å². The summed E-state index contributed by atoms with van der Waals surface area (Å²) in [6, 6.07) is 3.75. The van der Waals surface area contributed by atoms with E-state index >= 15 is 0 Å². The molecule has 17 heavy (non-hydrogen) atoms. The van der Waals surface area contributed by atoms with Crippen LogP contribution in [0.25, 0.3) is 11.5 Å². The second kappa shape index (κ2) is 4.71. The van der Waals surface area contributed by atoms with Gasteiger partial charge in [0.2, 0.25) is 0 Å². The first-order valence-corrected chi connectivity index (χ1v) is 6.18. The number of hydrogen-bond donors (Lipinski definition) is 1. The molecular formula is C12H13NO3S.